The van der Waals surface area contributed by atoms with Crippen LogP contribution in [0.3, 0.4) is 0 Å². The minimum absolute atomic E-state index is 0.00113. The number of ether oxygens (including phenoxy) is 2. The zero-order valence-corrected chi connectivity index (χ0v) is 25.4. The van der Waals surface area contributed by atoms with Crippen LogP contribution in [0.5, 0.6) is 0 Å². The van der Waals surface area contributed by atoms with Crippen LogP contribution in [0.2, 0.25) is 0 Å². The fraction of sp³-hybridized carbons (Fsp3) is 0.531. The summed E-state index contributed by atoms with van der Waals surface area (Å²) in [6.07, 6.45) is 12.7. The summed E-state index contributed by atoms with van der Waals surface area (Å²) in [7, 11) is 2.08. The molecule has 7 rings (SSSR count). The monoisotopic (exact) mass is 584 g/mol. The van der Waals surface area contributed by atoms with E-state index in [1.165, 1.54) is 0 Å². The molecule has 11 heteroatoms. The van der Waals surface area contributed by atoms with Crippen LogP contribution in [0.1, 0.15) is 71.9 Å². The first kappa shape index (κ1) is 27.8. The number of aromatic amines is 1. The number of anilines is 1. The summed E-state index contributed by atoms with van der Waals surface area (Å²) in [5, 5.41) is 22.4. The summed E-state index contributed by atoms with van der Waals surface area (Å²) in [4.78, 5) is 17.1. The van der Waals surface area contributed by atoms with Gasteiger partial charge in [-0.2, -0.15) is 10.2 Å². The average molecular weight is 585 g/mol. The fourth-order valence-electron chi connectivity index (χ4n) is 6.99. The van der Waals surface area contributed by atoms with Crippen molar-refractivity contribution in [3.63, 3.8) is 0 Å². The summed E-state index contributed by atoms with van der Waals surface area (Å²) < 4.78 is 13.6. The molecule has 4 atom stereocenters. The van der Waals surface area contributed by atoms with Crippen LogP contribution in [0.4, 0.5) is 10.6 Å². The van der Waals surface area contributed by atoms with Crippen molar-refractivity contribution in [3.8, 4) is 22.4 Å². The number of fused-ring (bicyclic) bond motifs is 3. The third-order valence-corrected chi connectivity index (χ3v) is 9.13. The van der Waals surface area contributed by atoms with Gasteiger partial charge in [0.2, 0.25) is 0 Å². The average Bonchev–Trinajstić information content (AvgIpc) is 3.74. The third kappa shape index (κ3) is 5.35. The molecule has 2 bridgehead atoms. The first-order valence-corrected chi connectivity index (χ1v) is 15.5. The molecule has 3 saturated heterocycles. The van der Waals surface area contributed by atoms with Crippen LogP contribution in [0, 0.1) is 0 Å². The number of amides is 1. The highest BCUT2D eigenvalue weighted by atomic mass is 16.6. The number of nitrogens with zero attached hydrogens (tertiary/aromatic N) is 7. The Balaban J connectivity index is 1.07. The first-order chi connectivity index (χ1) is 20.7. The molecule has 0 spiro atoms. The highest BCUT2D eigenvalue weighted by Crippen LogP contribution is 2.39. The number of hydrogen-bond donors (Lipinski definition) is 1. The van der Waals surface area contributed by atoms with Gasteiger partial charge in [0.1, 0.15) is 11.8 Å². The third-order valence-electron chi connectivity index (χ3n) is 9.13. The minimum atomic E-state index is -0.489. The Bertz CT molecular complexity index is 1590. The van der Waals surface area contributed by atoms with Crippen molar-refractivity contribution in [2.24, 2.45) is 0 Å². The molecule has 0 saturated carbocycles. The Kier molecular flexibility index (Phi) is 7.07. The molecular weight excluding hydrogens is 544 g/mol. The van der Waals surface area contributed by atoms with Gasteiger partial charge >= 0.3 is 6.09 Å². The number of nitrogens with one attached hydrogen (secondary N) is 1. The lowest BCUT2D eigenvalue weighted by atomic mass is 9.96. The maximum Gasteiger partial charge on any atom is 0.410 e. The summed E-state index contributed by atoms with van der Waals surface area (Å²) >= 11 is 0. The van der Waals surface area contributed by atoms with Crippen LogP contribution in [0.15, 0.2) is 42.9 Å². The van der Waals surface area contributed by atoms with Crippen molar-refractivity contribution in [2.45, 2.75) is 95.7 Å². The van der Waals surface area contributed by atoms with Crippen LogP contribution in [-0.4, -0.2) is 78.5 Å². The van der Waals surface area contributed by atoms with E-state index in [0.717, 1.165) is 90.7 Å². The van der Waals surface area contributed by atoms with Crippen molar-refractivity contribution in [3.05, 3.63) is 42.9 Å². The summed E-state index contributed by atoms with van der Waals surface area (Å²) in [6, 6.07) is 8.92. The second kappa shape index (κ2) is 10.9. The largest absolute Gasteiger partial charge is 0.444 e. The standard InChI is InChI=1S/C32H40N8O3/c1-32(2,3)43-31(41)40-21-8-9-22(40)16-23(15-21)38(4)28-13-12-27(35-36-28)25-11-10-24(26-18-33-37-30(25)26)20-17-34-39(19-20)29-7-5-6-14-42-29/h10-13,17-19,21-23,29H,5-9,14-16H2,1-4H3,(H,33,37)/t21-,22+,23-,29?. The van der Waals surface area contributed by atoms with Gasteiger partial charge in [0.25, 0.3) is 0 Å². The Morgan fingerprint density at radius 3 is 2.51 bits per heavy atom. The number of rotatable bonds is 5. The number of carbonyl (C=O) groups is 1. The van der Waals surface area contributed by atoms with Crippen molar-refractivity contribution in [1.82, 2.24) is 35.1 Å². The fourth-order valence-corrected chi connectivity index (χ4v) is 6.99. The highest BCUT2D eigenvalue weighted by molar-refractivity contribution is 6.01. The van der Waals surface area contributed by atoms with Gasteiger partial charge in [-0.3, -0.25) is 5.10 Å². The van der Waals surface area contributed by atoms with Gasteiger partial charge in [0.05, 0.1) is 23.6 Å². The number of piperidine rings is 1. The van der Waals surface area contributed by atoms with E-state index in [4.69, 9.17) is 9.47 Å². The van der Waals surface area contributed by atoms with E-state index in [2.05, 4.69) is 55.8 Å². The van der Waals surface area contributed by atoms with E-state index >= 15 is 0 Å². The predicted molar refractivity (Wildman–Crippen MR) is 163 cm³/mol. The lowest BCUT2D eigenvalue weighted by Crippen LogP contribution is -2.53. The van der Waals surface area contributed by atoms with Crippen LogP contribution in [-0.2, 0) is 9.47 Å². The van der Waals surface area contributed by atoms with Gasteiger partial charge in [0.15, 0.2) is 5.82 Å². The van der Waals surface area contributed by atoms with Crippen LogP contribution in [0.25, 0.3) is 33.3 Å². The Morgan fingerprint density at radius 1 is 1.02 bits per heavy atom. The minimum Gasteiger partial charge on any atom is -0.444 e. The van der Waals surface area contributed by atoms with E-state index in [-0.39, 0.29) is 30.4 Å². The Labute approximate surface area is 251 Å². The predicted octanol–water partition coefficient (Wildman–Crippen LogP) is 5.95. The first-order valence-electron chi connectivity index (χ1n) is 15.5. The molecule has 3 aliphatic heterocycles. The normalized spacial score (nSPS) is 24.0. The molecule has 3 fully saturated rings. The zero-order chi connectivity index (χ0) is 29.7. The number of carbonyl (C=O) groups excluding carboxylic acids is 1. The Hall–Kier alpha value is -3.99. The molecule has 1 aromatic carbocycles. The number of hydrogen-bond acceptors (Lipinski definition) is 8. The van der Waals surface area contributed by atoms with E-state index in [1.807, 2.05) is 54.9 Å². The molecule has 1 N–H and O–H groups in total. The molecule has 3 aliphatic rings. The number of H-pyrrole nitrogens is 1. The van der Waals surface area contributed by atoms with Gasteiger partial charge < -0.3 is 19.3 Å². The van der Waals surface area contributed by atoms with Gasteiger partial charge in [-0.25, -0.2) is 9.48 Å². The smallest absolute Gasteiger partial charge is 0.410 e. The summed E-state index contributed by atoms with van der Waals surface area (Å²) in [5.74, 6) is 0.827. The molecule has 0 radical (unpaired) electrons. The highest BCUT2D eigenvalue weighted by Gasteiger charge is 2.46. The van der Waals surface area contributed by atoms with Crippen molar-refractivity contribution in [2.75, 3.05) is 18.6 Å². The molecule has 226 valence electrons. The van der Waals surface area contributed by atoms with Crippen molar-refractivity contribution >= 4 is 22.8 Å². The molecular formula is C32H40N8O3. The van der Waals surface area contributed by atoms with Gasteiger partial charge in [-0.05, 0) is 89.5 Å². The van der Waals surface area contributed by atoms with Crippen molar-refractivity contribution in [1.29, 1.82) is 0 Å². The lowest BCUT2D eigenvalue weighted by Gasteiger charge is -2.42. The second-order valence-corrected chi connectivity index (χ2v) is 13.1. The topological polar surface area (TPSA) is 114 Å². The van der Waals surface area contributed by atoms with Crippen molar-refractivity contribution < 1.29 is 14.3 Å². The van der Waals surface area contributed by atoms with Gasteiger partial charge in [-0.15, -0.1) is 10.2 Å². The van der Waals surface area contributed by atoms with Gasteiger partial charge in [-0.1, -0.05) is 6.07 Å². The molecule has 6 heterocycles. The maximum atomic E-state index is 12.9. The van der Waals surface area contributed by atoms with Crippen LogP contribution < -0.4 is 4.90 Å². The van der Waals surface area contributed by atoms with E-state index < -0.39 is 5.60 Å². The summed E-state index contributed by atoms with van der Waals surface area (Å²) in [5.41, 5.74) is 4.25. The molecule has 4 aromatic rings. The number of benzene rings is 1. The van der Waals surface area contributed by atoms with E-state index in [0.29, 0.717) is 0 Å². The molecule has 11 nitrogen and oxygen atoms in total. The van der Waals surface area contributed by atoms with E-state index in [9.17, 15) is 4.79 Å². The number of aromatic nitrogens is 6. The SMILES string of the molecule is CN(c1ccc(-c2ccc(-c3cnn(C4CCCCO4)c3)c3cn[nH]c23)nn1)[C@@H]1C[C@H]2CC[C@@H](C1)N2C(=O)OC(C)(C)C. The Morgan fingerprint density at radius 2 is 1.81 bits per heavy atom. The molecule has 3 aromatic heterocycles. The lowest BCUT2D eigenvalue weighted by molar-refractivity contribution is -0.0394. The molecule has 1 unspecified atom stereocenters. The van der Waals surface area contributed by atoms with Gasteiger partial charge in [0, 0.05) is 54.5 Å². The zero-order valence-electron chi connectivity index (χ0n) is 25.4. The second-order valence-electron chi connectivity index (χ2n) is 13.1. The van der Waals surface area contributed by atoms with E-state index in [1.54, 1.807) is 0 Å². The quantitative estimate of drug-likeness (QED) is 0.306. The van der Waals surface area contributed by atoms with Crippen LogP contribution >= 0.6 is 0 Å². The maximum absolute atomic E-state index is 12.9. The molecule has 0 aliphatic carbocycles. The summed E-state index contributed by atoms with van der Waals surface area (Å²) in [6.45, 7) is 6.55. The molecule has 1 amide bonds. The molecule has 43 heavy (non-hydrogen) atoms.